The highest BCUT2D eigenvalue weighted by molar-refractivity contribution is 9.10. The maximum absolute atomic E-state index is 9.72. The smallest absolute Gasteiger partial charge is 0.0805 e. The molecule has 0 bridgehead atoms. The van der Waals surface area contributed by atoms with Crippen molar-refractivity contribution in [2.45, 2.75) is 19.4 Å². The quantitative estimate of drug-likeness (QED) is 0.855. The molecule has 0 saturated heterocycles. The van der Waals surface area contributed by atoms with E-state index in [-0.39, 0.29) is 0 Å². The predicted octanol–water partition coefficient (Wildman–Crippen LogP) is 2.14. The zero-order valence-corrected chi connectivity index (χ0v) is 9.21. The number of hydrogen-bond donors (Lipinski definition) is 2. The Balaban J connectivity index is 2.91. The highest BCUT2D eigenvalue weighted by Gasteiger charge is 2.09. The fraction of sp³-hybridized carbons (Fsp3) is 0.400. The summed E-state index contributed by atoms with van der Waals surface area (Å²) in [5.41, 5.74) is 7.44. The molecule has 3 heteroatoms. The summed E-state index contributed by atoms with van der Waals surface area (Å²) in [6, 6.07) is 5.89. The van der Waals surface area contributed by atoms with Crippen LogP contribution in [0.1, 0.15) is 23.7 Å². The lowest BCUT2D eigenvalue weighted by Crippen LogP contribution is -2.07. The summed E-state index contributed by atoms with van der Waals surface area (Å²) >= 11 is 3.37. The molecule has 0 radical (unpaired) electrons. The summed E-state index contributed by atoms with van der Waals surface area (Å²) < 4.78 is 0.990. The van der Waals surface area contributed by atoms with Crippen LogP contribution in [0.3, 0.4) is 0 Å². The molecule has 0 aromatic heterocycles. The average Bonchev–Trinajstić information content (AvgIpc) is 2.09. The minimum Gasteiger partial charge on any atom is -0.388 e. The van der Waals surface area contributed by atoms with Crippen molar-refractivity contribution in [1.82, 2.24) is 0 Å². The first kappa shape index (κ1) is 10.7. The summed E-state index contributed by atoms with van der Waals surface area (Å²) in [4.78, 5) is 0. The normalized spacial score (nSPS) is 12.9. The molecule has 0 aliphatic heterocycles. The predicted molar refractivity (Wildman–Crippen MR) is 57.5 cm³/mol. The monoisotopic (exact) mass is 243 g/mol. The summed E-state index contributed by atoms with van der Waals surface area (Å²) in [5.74, 6) is 0. The first-order valence-corrected chi connectivity index (χ1v) is 5.08. The summed E-state index contributed by atoms with van der Waals surface area (Å²) in [5, 5.41) is 9.72. The number of aliphatic hydroxyl groups is 1. The third-order valence-corrected chi connectivity index (χ3v) is 2.53. The van der Waals surface area contributed by atoms with Crippen molar-refractivity contribution in [2.75, 3.05) is 6.54 Å². The molecule has 2 nitrogen and oxygen atoms in total. The van der Waals surface area contributed by atoms with Gasteiger partial charge in [0, 0.05) is 4.47 Å². The van der Waals surface area contributed by atoms with Gasteiger partial charge in [0.25, 0.3) is 0 Å². The molecular formula is C10H14BrNO. The Morgan fingerprint density at radius 2 is 2.23 bits per heavy atom. The van der Waals surface area contributed by atoms with Crippen molar-refractivity contribution in [3.63, 3.8) is 0 Å². The van der Waals surface area contributed by atoms with Gasteiger partial charge < -0.3 is 10.8 Å². The van der Waals surface area contributed by atoms with Crippen molar-refractivity contribution in [3.8, 4) is 0 Å². The Labute approximate surface area is 86.9 Å². The van der Waals surface area contributed by atoms with E-state index in [2.05, 4.69) is 15.9 Å². The van der Waals surface area contributed by atoms with Crippen LogP contribution in [0.25, 0.3) is 0 Å². The number of hydrogen-bond acceptors (Lipinski definition) is 2. The van der Waals surface area contributed by atoms with Crippen molar-refractivity contribution in [3.05, 3.63) is 33.8 Å². The van der Waals surface area contributed by atoms with Gasteiger partial charge in [0.1, 0.15) is 0 Å². The molecule has 1 rings (SSSR count). The van der Waals surface area contributed by atoms with Gasteiger partial charge in [0.2, 0.25) is 0 Å². The molecule has 0 aliphatic carbocycles. The summed E-state index contributed by atoms with van der Waals surface area (Å²) in [6.45, 7) is 2.49. The molecule has 0 fully saturated rings. The lowest BCUT2D eigenvalue weighted by Gasteiger charge is -2.12. The first-order valence-electron chi connectivity index (χ1n) is 4.29. The first-order chi connectivity index (χ1) is 6.15. The van der Waals surface area contributed by atoms with Crippen LogP contribution in [0.2, 0.25) is 0 Å². The molecule has 1 atom stereocenters. The SMILES string of the molecule is Cc1ccc(Br)cc1[C@H](O)CCN. The zero-order chi connectivity index (χ0) is 9.84. The average molecular weight is 244 g/mol. The van der Waals surface area contributed by atoms with E-state index in [1.807, 2.05) is 25.1 Å². The van der Waals surface area contributed by atoms with E-state index >= 15 is 0 Å². The van der Waals surface area contributed by atoms with Crippen molar-refractivity contribution >= 4 is 15.9 Å². The van der Waals surface area contributed by atoms with Crippen molar-refractivity contribution in [1.29, 1.82) is 0 Å². The Morgan fingerprint density at radius 3 is 2.85 bits per heavy atom. The fourth-order valence-electron chi connectivity index (χ4n) is 1.28. The number of aryl methyl sites for hydroxylation is 1. The number of benzene rings is 1. The van der Waals surface area contributed by atoms with E-state index in [1.165, 1.54) is 0 Å². The maximum Gasteiger partial charge on any atom is 0.0805 e. The molecule has 72 valence electrons. The van der Waals surface area contributed by atoms with Gasteiger partial charge >= 0.3 is 0 Å². The molecule has 0 aliphatic rings. The molecule has 1 aromatic carbocycles. The lowest BCUT2D eigenvalue weighted by atomic mass is 10.0. The Bertz CT molecular complexity index is 288. The minimum atomic E-state index is -0.442. The molecule has 13 heavy (non-hydrogen) atoms. The number of nitrogens with two attached hydrogens (primary N) is 1. The number of halogens is 1. The molecule has 3 N–H and O–H groups in total. The number of aliphatic hydroxyl groups excluding tert-OH is 1. The van der Waals surface area contributed by atoms with Crippen LogP contribution in [0.15, 0.2) is 22.7 Å². The number of rotatable bonds is 3. The van der Waals surface area contributed by atoms with Crippen molar-refractivity contribution < 1.29 is 5.11 Å². The van der Waals surface area contributed by atoms with Gasteiger partial charge in [-0.15, -0.1) is 0 Å². The van der Waals surface area contributed by atoms with E-state index in [1.54, 1.807) is 0 Å². The van der Waals surface area contributed by atoms with Crippen LogP contribution >= 0.6 is 15.9 Å². The van der Waals surface area contributed by atoms with Crippen LogP contribution in [0.4, 0.5) is 0 Å². The lowest BCUT2D eigenvalue weighted by molar-refractivity contribution is 0.169. The second-order valence-electron chi connectivity index (χ2n) is 3.09. The molecule has 0 amide bonds. The van der Waals surface area contributed by atoms with Gasteiger partial charge in [0.15, 0.2) is 0 Å². The van der Waals surface area contributed by atoms with E-state index < -0.39 is 6.10 Å². The standard InChI is InChI=1S/C10H14BrNO/c1-7-2-3-8(11)6-9(7)10(13)4-5-12/h2-3,6,10,13H,4-5,12H2,1H3/t10-/m1/s1. The molecule has 0 unspecified atom stereocenters. The largest absolute Gasteiger partial charge is 0.388 e. The van der Waals surface area contributed by atoms with Crippen LogP contribution < -0.4 is 5.73 Å². The van der Waals surface area contributed by atoms with Gasteiger partial charge in [-0.25, -0.2) is 0 Å². The van der Waals surface area contributed by atoms with Gasteiger partial charge in [-0.2, -0.15) is 0 Å². The van der Waals surface area contributed by atoms with E-state index in [9.17, 15) is 5.11 Å². The molecule has 0 spiro atoms. The highest BCUT2D eigenvalue weighted by Crippen LogP contribution is 2.23. The third kappa shape index (κ3) is 2.79. The fourth-order valence-corrected chi connectivity index (χ4v) is 1.66. The zero-order valence-electron chi connectivity index (χ0n) is 7.63. The Hall–Kier alpha value is -0.380. The molecule has 0 saturated carbocycles. The molecular weight excluding hydrogens is 230 g/mol. The topological polar surface area (TPSA) is 46.2 Å². The maximum atomic E-state index is 9.72. The van der Waals surface area contributed by atoms with E-state index in [0.717, 1.165) is 15.6 Å². The van der Waals surface area contributed by atoms with Crippen LogP contribution in [0.5, 0.6) is 0 Å². The minimum absolute atomic E-state index is 0.442. The third-order valence-electron chi connectivity index (χ3n) is 2.04. The summed E-state index contributed by atoms with van der Waals surface area (Å²) in [6.07, 6.45) is 0.166. The van der Waals surface area contributed by atoms with Gasteiger partial charge in [-0.05, 0) is 43.1 Å². The van der Waals surface area contributed by atoms with Gasteiger partial charge in [-0.1, -0.05) is 22.0 Å². The molecule has 0 heterocycles. The molecule has 1 aromatic rings. The van der Waals surface area contributed by atoms with E-state index in [0.29, 0.717) is 13.0 Å². The van der Waals surface area contributed by atoms with Crippen molar-refractivity contribution in [2.24, 2.45) is 5.73 Å². The van der Waals surface area contributed by atoms with E-state index in [4.69, 9.17) is 5.73 Å². The second kappa shape index (κ2) is 4.74. The van der Waals surface area contributed by atoms with Crippen LogP contribution in [-0.2, 0) is 0 Å². The van der Waals surface area contributed by atoms with Crippen LogP contribution in [-0.4, -0.2) is 11.7 Å². The van der Waals surface area contributed by atoms with Gasteiger partial charge in [0.05, 0.1) is 6.10 Å². The van der Waals surface area contributed by atoms with Gasteiger partial charge in [-0.3, -0.25) is 0 Å². The van der Waals surface area contributed by atoms with Crippen LogP contribution in [0, 0.1) is 6.92 Å². The Kier molecular flexibility index (Phi) is 3.90. The summed E-state index contributed by atoms with van der Waals surface area (Å²) in [7, 11) is 0. The second-order valence-corrected chi connectivity index (χ2v) is 4.01. The Morgan fingerprint density at radius 1 is 1.54 bits per heavy atom. The highest BCUT2D eigenvalue weighted by atomic mass is 79.9.